The minimum absolute atomic E-state index is 0.238. The van der Waals surface area contributed by atoms with E-state index in [4.69, 9.17) is 4.52 Å². The number of pyridine rings is 1. The molecule has 4 rings (SSSR count). The summed E-state index contributed by atoms with van der Waals surface area (Å²) >= 11 is 3.61. The van der Waals surface area contributed by atoms with Crippen LogP contribution in [0, 0.1) is 0 Å². The van der Waals surface area contributed by atoms with Crippen LogP contribution in [0.5, 0.6) is 0 Å². The van der Waals surface area contributed by atoms with E-state index in [9.17, 15) is 4.21 Å². The zero-order chi connectivity index (χ0) is 22.0. The SMILES string of the molecule is CC(C)(C)S(=O)NC(Cc1ccccn1)c1cc(Br)ccc1-c1noc2ccccc12. The van der Waals surface area contributed by atoms with Crippen LogP contribution in [0.4, 0.5) is 0 Å². The maximum Gasteiger partial charge on any atom is 0.167 e. The summed E-state index contributed by atoms with van der Waals surface area (Å²) in [7, 11) is -1.27. The Hall–Kier alpha value is -2.35. The van der Waals surface area contributed by atoms with Gasteiger partial charge < -0.3 is 4.52 Å². The molecule has 0 radical (unpaired) electrons. The van der Waals surface area contributed by atoms with E-state index >= 15 is 0 Å². The van der Waals surface area contributed by atoms with Gasteiger partial charge in [-0.25, -0.2) is 8.93 Å². The smallest absolute Gasteiger partial charge is 0.167 e. The van der Waals surface area contributed by atoms with Crippen LogP contribution in [0.3, 0.4) is 0 Å². The molecule has 0 amide bonds. The van der Waals surface area contributed by atoms with Gasteiger partial charge in [0.05, 0.1) is 21.8 Å². The Morgan fingerprint density at radius 1 is 1.10 bits per heavy atom. The Morgan fingerprint density at radius 2 is 1.87 bits per heavy atom. The van der Waals surface area contributed by atoms with Crippen molar-refractivity contribution in [1.82, 2.24) is 14.9 Å². The lowest BCUT2D eigenvalue weighted by atomic mass is 9.94. The number of halogens is 1. The minimum Gasteiger partial charge on any atom is -0.356 e. The van der Waals surface area contributed by atoms with Gasteiger partial charge >= 0.3 is 0 Å². The van der Waals surface area contributed by atoms with E-state index in [1.54, 1.807) is 6.20 Å². The van der Waals surface area contributed by atoms with Crippen molar-refractivity contribution in [2.24, 2.45) is 0 Å². The molecular formula is C24H24BrN3O2S. The number of para-hydroxylation sites is 1. The van der Waals surface area contributed by atoms with Gasteiger partial charge in [0, 0.05) is 33.7 Å². The predicted molar refractivity (Wildman–Crippen MR) is 129 cm³/mol. The summed E-state index contributed by atoms with van der Waals surface area (Å²) in [6.07, 6.45) is 2.36. The average Bonchev–Trinajstić information content (AvgIpc) is 3.17. The molecule has 0 fully saturated rings. The Labute approximate surface area is 193 Å². The topological polar surface area (TPSA) is 68.0 Å². The van der Waals surface area contributed by atoms with E-state index in [0.29, 0.717) is 6.42 Å². The summed E-state index contributed by atoms with van der Waals surface area (Å²) in [5, 5.41) is 5.31. The maximum atomic E-state index is 13.1. The van der Waals surface area contributed by atoms with Crippen LogP contribution in [0.25, 0.3) is 22.2 Å². The second kappa shape index (κ2) is 9.02. The molecule has 0 aliphatic heterocycles. The summed E-state index contributed by atoms with van der Waals surface area (Å²) in [5.74, 6) is 0. The number of fused-ring (bicyclic) bond motifs is 1. The lowest BCUT2D eigenvalue weighted by molar-refractivity contribution is 0.459. The van der Waals surface area contributed by atoms with Gasteiger partial charge in [0.1, 0.15) is 5.69 Å². The highest BCUT2D eigenvalue weighted by Crippen LogP contribution is 2.36. The van der Waals surface area contributed by atoms with E-state index in [1.165, 1.54) is 0 Å². The first kappa shape index (κ1) is 21.9. The van der Waals surface area contributed by atoms with Crippen LogP contribution in [0.1, 0.15) is 38.1 Å². The largest absolute Gasteiger partial charge is 0.356 e. The molecule has 2 atom stereocenters. The van der Waals surface area contributed by atoms with Crippen molar-refractivity contribution in [1.29, 1.82) is 0 Å². The molecule has 7 heteroatoms. The van der Waals surface area contributed by atoms with Gasteiger partial charge in [0.25, 0.3) is 0 Å². The fraction of sp³-hybridized carbons (Fsp3) is 0.250. The van der Waals surface area contributed by atoms with E-state index in [-0.39, 0.29) is 6.04 Å². The Morgan fingerprint density at radius 3 is 2.61 bits per heavy atom. The average molecular weight is 498 g/mol. The number of nitrogens with zero attached hydrogens (tertiary/aromatic N) is 2. The van der Waals surface area contributed by atoms with Crippen molar-refractivity contribution >= 4 is 37.9 Å². The monoisotopic (exact) mass is 497 g/mol. The summed E-state index contributed by atoms with van der Waals surface area (Å²) < 4.78 is 22.5. The van der Waals surface area contributed by atoms with Crippen molar-refractivity contribution in [3.05, 3.63) is 82.6 Å². The second-order valence-electron chi connectivity index (χ2n) is 8.34. The van der Waals surface area contributed by atoms with Crippen LogP contribution < -0.4 is 4.72 Å². The van der Waals surface area contributed by atoms with Gasteiger partial charge in [-0.15, -0.1) is 0 Å². The molecule has 1 N–H and O–H groups in total. The Balaban J connectivity index is 1.84. The van der Waals surface area contributed by atoms with Crippen molar-refractivity contribution in [3.63, 3.8) is 0 Å². The van der Waals surface area contributed by atoms with Crippen LogP contribution in [-0.2, 0) is 17.4 Å². The zero-order valence-electron chi connectivity index (χ0n) is 17.6. The molecule has 0 aliphatic rings. The molecule has 0 spiro atoms. The van der Waals surface area contributed by atoms with E-state index in [2.05, 4.69) is 36.9 Å². The number of nitrogens with one attached hydrogen (secondary N) is 1. The molecule has 31 heavy (non-hydrogen) atoms. The van der Waals surface area contributed by atoms with Gasteiger partial charge in [0.15, 0.2) is 5.58 Å². The highest BCUT2D eigenvalue weighted by molar-refractivity contribution is 9.10. The fourth-order valence-electron chi connectivity index (χ4n) is 3.37. The maximum absolute atomic E-state index is 13.1. The molecule has 2 aromatic carbocycles. The molecule has 0 bridgehead atoms. The number of hydrogen-bond acceptors (Lipinski definition) is 4. The number of aromatic nitrogens is 2. The first-order chi connectivity index (χ1) is 14.8. The van der Waals surface area contributed by atoms with Crippen molar-refractivity contribution in [2.45, 2.75) is 38.0 Å². The fourth-order valence-corrected chi connectivity index (χ4v) is 4.57. The van der Waals surface area contributed by atoms with Crippen LogP contribution in [0.2, 0.25) is 0 Å². The number of benzene rings is 2. The molecule has 2 aromatic heterocycles. The summed E-state index contributed by atoms with van der Waals surface area (Å²) in [5.41, 5.74) is 4.34. The lowest BCUT2D eigenvalue weighted by Crippen LogP contribution is -2.36. The quantitative estimate of drug-likeness (QED) is 0.355. The summed E-state index contributed by atoms with van der Waals surface area (Å²) in [4.78, 5) is 4.49. The van der Waals surface area contributed by atoms with Gasteiger partial charge in [-0.05, 0) is 62.7 Å². The molecule has 0 saturated heterocycles. The third-order valence-corrected chi connectivity index (χ3v) is 7.07. The second-order valence-corrected chi connectivity index (χ2v) is 11.2. The molecule has 2 unspecified atom stereocenters. The normalized spacial score (nSPS) is 13.9. The van der Waals surface area contributed by atoms with Crippen LogP contribution in [-0.4, -0.2) is 19.1 Å². The molecule has 0 aliphatic carbocycles. The predicted octanol–water partition coefficient (Wildman–Crippen LogP) is 5.99. The molecule has 4 aromatic rings. The van der Waals surface area contributed by atoms with Crippen molar-refractivity contribution in [3.8, 4) is 11.3 Å². The van der Waals surface area contributed by atoms with E-state index in [1.807, 2.05) is 75.4 Å². The standard InChI is InChI=1S/C24H24BrN3O2S/c1-24(2,3)31(29)28-21(15-17-8-6-7-13-26-17)20-14-16(25)11-12-18(20)23-19-9-4-5-10-22(19)30-27-23/h4-14,21,28H,15H2,1-3H3. The molecule has 160 valence electrons. The van der Waals surface area contributed by atoms with Crippen molar-refractivity contribution < 1.29 is 8.73 Å². The van der Waals surface area contributed by atoms with Gasteiger partial charge in [-0.3, -0.25) is 4.98 Å². The van der Waals surface area contributed by atoms with Crippen molar-refractivity contribution in [2.75, 3.05) is 0 Å². The highest BCUT2D eigenvalue weighted by Gasteiger charge is 2.27. The first-order valence-corrected chi connectivity index (χ1v) is 12.0. The minimum atomic E-state index is -1.27. The summed E-state index contributed by atoms with van der Waals surface area (Å²) in [6, 6.07) is 19.5. The van der Waals surface area contributed by atoms with Gasteiger partial charge in [-0.2, -0.15) is 0 Å². The first-order valence-electron chi connectivity index (χ1n) is 10.0. The lowest BCUT2D eigenvalue weighted by Gasteiger charge is -2.26. The van der Waals surface area contributed by atoms with Crippen LogP contribution in [0.15, 0.2) is 75.9 Å². The molecule has 0 saturated carbocycles. The third kappa shape index (κ3) is 4.95. The van der Waals surface area contributed by atoms with Gasteiger partial charge in [-0.1, -0.05) is 45.4 Å². The third-order valence-electron chi connectivity index (χ3n) is 4.97. The Kier molecular flexibility index (Phi) is 6.36. The van der Waals surface area contributed by atoms with Crippen LogP contribution >= 0.6 is 15.9 Å². The molecular weight excluding hydrogens is 474 g/mol. The van der Waals surface area contributed by atoms with Gasteiger partial charge in [0.2, 0.25) is 0 Å². The molecule has 5 nitrogen and oxygen atoms in total. The zero-order valence-corrected chi connectivity index (χ0v) is 20.0. The summed E-state index contributed by atoms with van der Waals surface area (Å²) in [6.45, 7) is 5.88. The Bertz CT molecular complexity index is 1220. The van der Waals surface area contributed by atoms with E-state index in [0.717, 1.165) is 38.0 Å². The number of rotatable bonds is 6. The highest BCUT2D eigenvalue weighted by atomic mass is 79.9. The van der Waals surface area contributed by atoms with E-state index < -0.39 is 15.7 Å². The molecule has 2 heterocycles. The number of hydrogen-bond donors (Lipinski definition) is 1.